The molecule has 0 aliphatic carbocycles. The third kappa shape index (κ3) is 5.25. The van der Waals surface area contributed by atoms with Crippen LogP contribution in [0.3, 0.4) is 0 Å². The lowest BCUT2D eigenvalue weighted by molar-refractivity contribution is -0.155. The van der Waals surface area contributed by atoms with Crippen molar-refractivity contribution in [3.05, 3.63) is 0 Å². The van der Waals surface area contributed by atoms with Gasteiger partial charge in [-0.3, -0.25) is 4.79 Å². The molecule has 100 valence electrons. The van der Waals surface area contributed by atoms with Crippen LogP contribution in [0.5, 0.6) is 0 Å². The van der Waals surface area contributed by atoms with Crippen LogP contribution in [0.1, 0.15) is 19.8 Å². The van der Waals surface area contributed by atoms with Crippen LogP contribution in [0.2, 0.25) is 0 Å². The Bertz CT molecular complexity index is 273. The van der Waals surface area contributed by atoms with Gasteiger partial charge in [0.2, 0.25) is 5.91 Å². The first-order valence-corrected chi connectivity index (χ1v) is 6.50. The molecular weight excluding hydrogens is 303 g/mol. The molecule has 0 aromatic heterocycles. The molecule has 1 saturated heterocycles. The fourth-order valence-corrected chi connectivity index (χ4v) is 2.10. The number of nitrogens with zero attached hydrogens (tertiary/aromatic N) is 1. The van der Waals surface area contributed by atoms with Gasteiger partial charge in [-0.15, -0.1) is 0 Å². The van der Waals surface area contributed by atoms with E-state index >= 15 is 0 Å². The fraction of sp³-hybridized carbons (Fsp3) is 0.900. The number of carbonyl (C=O) groups excluding carboxylic acids is 1. The van der Waals surface area contributed by atoms with Crippen molar-refractivity contribution in [2.24, 2.45) is 0 Å². The summed E-state index contributed by atoms with van der Waals surface area (Å²) in [5.41, 5.74) is 0. The van der Waals surface area contributed by atoms with Gasteiger partial charge in [-0.05, 0) is 6.92 Å². The minimum Gasteiger partial charge on any atom is -0.371 e. The molecule has 1 aliphatic rings. The van der Waals surface area contributed by atoms with E-state index in [-0.39, 0.29) is 12.2 Å². The van der Waals surface area contributed by atoms with Crippen molar-refractivity contribution < 1.29 is 22.7 Å². The van der Waals surface area contributed by atoms with Crippen LogP contribution in [-0.4, -0.2) is 47.6 Å². The highest BCUT2D eigenvalue weighted by Gasteiger charge is 2.32. The lowest BCUT2D eigenvalue weighted by Gasteiger charge is -2.36. The Balaban J connectivity index is 2.45. The third-order valence-corrected chi connectivity index (χ3v) is 3.20. The zero-order valence-electron chi connectivity index (χ0n) is 9.47. The van der Waals surface area contributed by atoms with E-state index in [1.807, 2.05) is 0 Å². The Morgan fingerprint density at radius 3 is 2.65 bits per heavy atom. The number of rotatable bonds is 3. The second-order valence-corrected chi connectivity index (χ2v) is 4.78. The summed E-state index contributed by atoms with van der Waals surface area (Å²) >= 11 is 3.24. The number of carbonyl (C=O) groups is 1. The van der Waals surface area contributed by atoms with E-state index in [1.165, 1.54) is 4.90 Å². The number of amides is 1. The number of morpholine rings is 1. The van der Waals surface area contributed by atoms with Crippen molar-refractivity contribution in [1.29, 1.82) is 0 Å². The zero-order chi connectivity index (χ0) is 13.1. The number of halogens is 4. The highest BCUT2D eigenvalue weighted by molar-refractivity contribution is 9.09. The maximum Gasteiger partial charge on any atom is 0.389 e. The summed E-state index contributed by atoms with van der Waals surface area (Å²) in [6.07, 6.45) is -6.10. The van der Waals surface area contributed by atoms with E-state index in [2.05, 4.69) is 15.9 Å². The highest BCUT2D eigenvalue weighted by atomic mass is 79.9. The molecule has 0 radical (unpaired) electrons. The monoisotopic (exact) mass is 317 g/mol. The molecule has 17 heavy (non-hydrogen) atoms. The van der Waals surface area contributed by atoms with Crippen molar-refractivity contribution in [3.63, 3.8) is 0 Å². The summed E-state index contributed by atoms with van der Waals surface area (Å²) in [6.45, 7) is 2.52. The molecule has 7 heteroatoms. The van der Waals surface area contributed by atoms with Crippen LogP contribution < -0.4 is 0 Å². The van der Waals surface area contributed by atoms with E-state index in [9.17, 15) is 18.0 Å². The molecule has 0 aromatic rings. The van der Waals surface area contributed by atoms with Crippen LogP contribution in [0.25, 0.3) is 0 Å². The molecule has 1 heterocycles. The molecule has 2 atom stereocenters. The largest absolute Gasteiger partial charge is 0.389 e. The molecule has 3 nitrogen and oxygen atoms in total. The van der Waals surface area contributed by atoms with E-state index in [0.717, 1.165) is 0 Å². The van der Waals surface area contributed by atoms with Crippen molar-refractivity contribution in [1.82, 2.24) is 4.90 Å². The molecular formula is C10H15BrF3NO2. The van der Waals surface area contributed by atoms with Crippen LogP contribution in [0.4, 0.5) is 13.2 Å². The Labute approximate surface area is 106 Å². The van der Waals surface area contributed by atoms with Gasteiger partial charge in [0.1, 0.15) is 0 Å². The second-order valence-electron chi connectivity index (χ2n) is 4.14. The first-order valence-electron chi connectivity index (χ1n) is 5.38. The standard InChI is InChI=1S/C10H15BrF3NO2/c1-7-5-15(6-8(4-11)17-7)9(16)2-3-10(12,13)14/h7-8H,2-6H2,1H3. The summed E-state index contributed by atoms with van der Waals surface area (Å²) in [5.74, 6) is -0.455. The van der Waals surface area contributed by atoms with Crippen molar-refractivity contribution in [2.75, 3.05) is 18.4 Å². The molecule has 1 rings (SSSR count). The topological polar surface area (TPSA) is 29.5 Å². The van der Waals surface area contributed by atoms with Gasteiger partial charge in [0.05, 0.1) is 18.6 Å². The quantitative estimate of drug-likeness (QED) is 0.748. The van der Waals surface area contributed by atoms with Crippen molar-refractivity contribution in [3.8, 4) is 0 Å². The summed E-state index contributed by atoms with van der Waals surface area (Å²) in [6, 6.07) is 0. The maximum atomic E-state index is 12.0. The summed E-state index contributed by atoms with van der Waals surface area (Å²) in [5, 5.41) is 0.570. The minimum absolute atomic E-state index is 0.138. The van der Waals surface area contributed by atoms with Crippen LogP contribution >= 0.6 is 15.9 Å². The number of alkyl halides is 4. The van der Waals surface area contributed by atoms with Gasteiger partial charge in [-0.25, -0.2) is 0 Å². The lowest BCUT2D eigenvalue weighted by atomic mass is 10.2. The average molecular weight is 318 g/mol. The van der Waals surface area contributed by atoms with E-state index in [0.29, 0.717) is 18.4 Å². The normalized spacial score (nSPS) is 26.1. The number of hydrogen-bond acceptors (Lipinski definition) is 2. The zero-order valence-corrected chi connectivity index (χ0v) is 11.1. The molecule has 1 amide bonds. The smallest absolute Gasteiger partial charge is 0.371 e. The van der Waals surface area contributed by atoms with Gasteiger partial charge in [-0.1, -0.05) is 15.9 Å². The summed E-state index contributed by atoms with van der Waals surface area (Å²) < 4.78 is 41.5. The minimum atomic E-state index is -4.28. The molecule has 0 N–H and O–H groups in total. The predicted octanol–water partition coefficient (Wildman–Crippen LogP) is 2.34. The van der Waals surface area contributed by atoms with Gasteiger partial charge in [0.25, 0.3) is 0 Å². The number of hydrogen-bond donors (Lipinski definition) is 0. The SMILES string of the molecule is CC1CN(C(=O)CCC(F)(F)F)CC(CBr)O1. The highest BCUT2D eigenvalue weighted by Crippen LogP contribution is 2.22. The number of ether oxygens (including phenoxy) is 1. The molecule has 0 saturated carbocycles. The van der Waals surface area contributed by atoms with Gasteiger partial charge in [0, 0.05) is 24.8 Å². The van der Waals surface area contributed by atoms with Crippen molar-refractivity contribution >= 4 is 21.8 Å². The average Bonchev–Trinajstić information content (AvgIpc) is 2.23. The Kier molecular flexibility index (Phi) is 5.24. The molecule has 1 aliphatic heterocycles. The Hall–Kier alpha value is -0.300. The molecule has 0 bridgehead atoms. The van der Waals surface area contributed by atoms with E-state index < -0.39 is 24.9 Å². The third-order valence-electron chi connectivity index (χ3n) is 2.47. The lowest BCUT2D eigenvalue weighted by Crippen LogP contribution is -2.49. The molecule has 0 aromatic carbocycles. The van der Waals surface area contributed by atoms with Crippen LogP contribution in [0, 0.1) is 0 Å². The second kappa shape index (κ2) is 6.04. The first-order chi connectivity index (χ1) is 7.81. The van der Waals surface area contributed by atoms with E-state index in [4.69, 9.17) is 4.74 Å². The maximum absolute atomic E-state index is 12.0. The van der Waals surface area contributed by atoms with Crippen molar-refractivity contribution in [2.45, 2.75) is 38.1 Å². The van der Waals surface area contributed by atoms with Gasteiger partial charge in [-0.2, -0.15) is 13.2 Å². The van der Waals surface area contributed by atoms with Gasteiger partial charge < -0.3 is 9.64 Å². The van der Waals surface area contributed by atoms with Gasteiger partial charge in [0.15, 0.2) is 0 Å². The molecule has 0 spiro atoms. The Morgan fingerprint density at radius 2 is 2.12 bits per heavy atom. The summed E-state index contributed by atoms with van der Waals surface area (Å²) in [7, 11) is 0. The van der Waals surface area contributed by atoms with Crippen LogP contribution in [-0.2, 0) is 9.53 Å². The van der Waals surface area contributed by atoms with E-state index in [1.54, 1.807) is 6.92 Å². The first kappa shape index (κ1) is 14.8. The summed E-state index contributed by atoms with van der Waals surface area (Å²) in [4.78, 5) is 13.1. The van der Waals surface area contributed by atoms with Crippen LogP contribution in [0.15, 0.2) is 0 Å². The molecule has 2 unspecified atom stereocenters. The fourth-order valence-electron chi connectivity index (χ4n) is 1.74. The molecule has 1 fully saturated rings. The predicted molar refractivity (Wildman–Crippen MR) is 60.0 cm³/mol. The van der Waals surface area contributed by atoms with Gasteiger partial charge >= 0.3 is 6.18 Å². The Morgan fingerprint density at radius 1 is 1.47 bits per heavy atom.